The average Bonchev–Trinajstić information content (AvgIpc) is 2.11. The van der Waals surface area contributed by atoms with Crippen LogP contribution in [-0.2, 0) is 0 Å². The summed E-state index contributed by atoms with van der Waals surface area (Å²) in [6.07, 6.45) is 0.840. The second-order valence-corrected chi connectivity index (χ2v) is 4.86. The van der Waals surface area contributed by atoms with Gasteiger partial charge in [-0.3, -0.25) is 0 Å². The van der Waals surface area contributed by atoms with E-state index in [-0.39, 0.29) is 23.6 Å². The number of hydroxylamine groups is 2. The van der Waals surface area contributed by atoms with Crippen molar-refractivity contribution < 1.29 is 10.3 Å². The zero-order valence-corrected chi connectivity index (χ0v) is 8.33. The van der Waals surface area contributed by atoms with E-state index in [2.05, 4.69) is 0 Å². The quantitative estimate of drug-likeness (QED) is 0.627. The summed E-state index contributed by atoms with van der Waals surface area (Å²) in [5, 5.41) is 20.3. The van der Waals surface area contributed by atoms with Crippen LogP contribution in [0.2, 0.25) is 0 Å². The van der Waals surface area contributed by atoms with Gasteiger partial charge in [0.2, 0.25) is 0 Å². The van der Waals surface area contributed by atoms with Gasteiger partial charge < -0.3 is 10.3 Å². The Morgan fingerprint density at radius 1 is 1.33 bits per heavy atom. The van der Waals surface area contributed by atoms with Gasteiger partial charge in [-0.05, 0) is 34.1 Å². The summed E-state index contributed by atoms with van der Waals surface area (Å²) in [7, 11) is 0. The molecule has 3 heteroatoms. The molecule has 1 unspecified atom stereocenters. The monoisotopic (exact) mass is 173 g/mol. The molecule has 0 aliphatic carbocycles. The van der Waals surface area contributed by atoms with E-state index >= 15 is 0 Å². The molecule has 1 rings (SSSR count). The maximum atomic E-state index is 9.81. The SMILES string of the molecule is CC1(C)CC(CO)C(C)(C)N1O. The molecule has 1 saturated heterocycles. The molecule has 0 amide bonds. The van der Waals surface area contributed by atoms with E-state index in [9.17, 15) is 5.21 Å². The molecule has 3 nitrogen and oxygen atoms in total. The van der Waals surface area contributed by atoms with Crippen LogP contribution in [0.25, 0.3) is 0 Å². The Bertz CT molecular complexity index is 177. The van der Waals surface area contributed by atoms with E-state index in [1.54, 1.807) is 0 Å². The molecule has 12 heavy (non-hydrogen) atoms. The van der Waals surface area contributed by atoms with E-state index in [0.717, 1.165) is 6.42 Å². The first-order valence-corrected chi connectivity index (χ1v) is 4.42. The van der Waals surface area contributed by atoms with Gasteiger partial charge in [-0.25, -0.2) is 0 Å². The lowest BCUT2D eigenvalue weighted by atomic mass is 9.88. The molecule has 1 heterocycles. The Morgan fingerprint density at radius 3 is 2.00 bits per heavy atom. The lowest BCUT2D eigenvalue weighted by Crippen LogP contribution is -2.47. The molecule has 1 fully saturated rings. The topological polar surface area (TPSA) is 43.7 Å². The van der Waals surface area contributed by atoms with Gasteiger partial charge in [-0.2, -0.15) is 5.06 Å². The minimum atomic E-state index is -0.307. The summed E-state index contributed by atoms with van der Waals surface area (Å²) < 4.78 is 0. The smallest absolute Gasteiger partial charge is 0.0478 e. The third-order valence-corrected chi connectivity index (χ3v) is 3.08. The van der Waals surface area contributed by atoms with Crippen LogP contribution in [0, 0.1) is 5.92 Å². The third-order valence-electron chi connectivity index (χ3n) is 3.08. The normalized spacial score (nSPS) is 34.0. The molecule has 1 aliphatic rings. The van der Waals surface area contributed by atoms with E-state index in [0.29, 0.717) is 0 Å². The highest BCUT2D eigenvalue weighted by Gasteiger charge is 2.50. The Labute approximate surface area is 74.0 Å². The molecule has 0 radical (unpaired) electrons. The molecule has 1 atom stereocenters. The number of hydrogen-bond donors (Lipinski definition) is 2. The van der Waals surface area contributed by atoms with Crippen LogP contribution in [0.5, 0.6) is 0 Å². The third kappa shape index (κ3) is 1.26. The van der Waals surface area contributed by atoms with Crippen molar-refractivity contribution in [2.24, 2.45) is 5.92 Å². The van der Waals surface area contributed by atoms with Crippen molar-refractivity contribution in [2.45, 2.75) is 45.2 Å². The van der Waals surface area contributed by atoms with Gasteiger partial charge in [0.1, 0.15) is 0 Å². The van der Waals surface area contributed by atoms with Gasteiger partial charge in [0.15, 0.2) is 0 Å². The van der Waals surface area contributed by atoms with Crippen molar-refractivity contribution in [1.29, 1.82) is 0 Å². The summed E-state index contributed by atoms with van der Waals surface area (Å²) in [6.45, 7) is 8.05. The molecule has 0 aromatic rings. The fourth-order valence-corrected chi connectivity index (χ4v) is 2.18. The number of hydrogen-bond acceptors (Lipinski definition) is 3. The summed E-state index contributed by atoms with van der Waals surface area (Å²) in [5.74, 6) is 0.164. The Kier molecular flexibility index (Phi) is 2.23. The molecular weight excluding hydrogens is 154 g/mol. The predicted molar refractivity (Wildman–Crippen MR) is 47.0 cm³/mol. The minimum Gasteiger partial charge on any atom is -0.396 e. The number of nitrogens with zero attached hydrogens (tertiary/aromatic N) is 1. The zero-order chi connectivity index (χ0) is 9.57. The van der Waals surface area contributed by atoms with Crippen LogP contribution < -0.4 is 0 Å². The Hall–Kier alpha value is -0.120. The lowest BCUT2D eigenvalue weighted by Gasteiger charge is -2.35. The highest BCUT2D eigenvalue weighted by atomic mass is 16.5. The number of aliphatic hydroxyl groups excluding tert-OH is 1. The van der Waals surface area contributed by atoms with Gasteiger partial charge in [0, 0.05) is 23.6 Å². The number of aliphatic hydroxyl groups is 1. The van der Waals surface area contributed by atoms with E-state index < -0.39 is 0 Å². The first-order valence-electron chi connectivity index (χ1n) is 4.42. The van der Waals surface area contributed by atoms with Crippen molar-refractivity contribution in [2.75, 3.05) is 6.61 Å². The van der Waals surface area contributed by atoms with Gasteiger partial charge in [0.05, 0.1) is 0 Å². The van der Waals surface area contributed by atoms with E-state index in [1.807, 2.05) is 27.7 Å². The van der Waals surface area contributed by atoms with Gasteiger partial charge in [-0.1, -0.05) is 0 Å². The summed E-state index contributed by atoms with van der Waals surface area (Å²) >= 11 is 0. The Balaban J connectivity index is 2.88. The van der Waals surface area contributed by atoms with Crippen LogP contribution >= 0.6 is 0 Å². The highest BCUT2D eigenvalue weighted by molar-refractivity contribution is 5.01. The van der Waals surface area contributed by atoms with Crippen LogP contribution in [0.4, 0.5) is 0 Å². The van der Waals surface area contributed by atoms with E-state index in [1.165, 1.54) is 5.06 Å². The molecule has 0 bridgehead atoms. The fraction of sp³-hybridized carbons (Fsp3) is 1.00. The second kappa shape index (κ2) is 2.69. The maximum Gasteiger partial charge on any atom is 0.0478 e. The van der Waals surface area contributed by atoms with Crippen molar-refractivity contribution in [1.82, 2.24) is 5.06 Å². The molecule has 1 aliphatic heterocycles. The molecule has 0 spiro atoms. The Morgan fingerprint density at radius 2 is 1.83 bits per heavy atom. The largest absolute Gasteiger partial charge is 0.396 e. The van der Waals surface area contributed by atoms with Gasteiger partial charge >= 0.3 is 0 Å². The van der Waals surface area contributed by atoms with Crippen molar-refractivity contribution >= 4 is 0 Å². The summed E-state index contributed by atoms with van der Waals surface area (Å²) in [6, 6.07) is 0. The molecule has 0 aromatic carbocycles. The van der Waals surface area contributed by atoms with Crippen molar-refractivity contribution in [3.63, 3.8) is 0 Å². The molecule has 2 N–H and O–H groups in total. The summed E-state index contributed by atoms with van der Waals surface area (Å²) in [4.78, 5) is 0. The van der Waals surface area contributed by atoms with Crippen LogP contribution in [0.15, 0.2) is 0 Å². The number of rotatable bonds is 1. The second-order valence-electron chi connectivity index (χ2n) is 4.86. The van der Waals surface area contributed by atoms with Crippen molar-refractivity contribution in [3.05, 3.63) is 0 Å². The lowest BCUT2D eigenvalue weighted by molar-refractivity contribution is -0.197. The van der Waals surface area contributed by atoms with Crippen molar-refractivity contribution in [3.8, 4) is 0 Å². The maximum absolute atomic E-state index is 9.81. The van der Waals surface area contributed by atoms with Crippen LogP contribution in [0.3, 0.4) is 0 Å². The standard InChI is InChI=1S/C9H19NO2/c1-8(2)5-7(6-11)9(3,4)10(8)12/h7,11-12H,5-6H2,1-4H3. The molecular formula is C9H19NO2. The van der Waals surface area contributed by atoms with E-state index in [4.69, 9.17) is 5.11 Å². The fourth-order valence-electron chi connectivity index (χ4n) is 2.18. The summed E-state index contributed by atoms with van der Waals surface area (Å²) in [5.41, 5.74) is -0.519. The van der Waals surface area contributed by atoms with Crippen LogP contribution in [0.1, 0.15) is 34.1 Å². The predicted octanol–water partition coefficient (Wildman–Crippen LogP) is 1.25. The first-order chi connectivity index (χ1) is 5.32. The highest BCUT2D eigenvalue weighted by Crippen LogP contribution is 2.42. The van der Waals surface area contributed by atoms with Crippen LogP contribution in [-0.4, -0.2) is 33.1 Å². The van der Waals surface area contributed by atoms with Gasteiger partial charge in [-0.15, -0.1) is 0 Å². The zero-order valence-electron chi connectivity index (χ0n) is 8.33. The molecule has 0 saturated carbocycles. The van der Waals surface area contributed by atoms with Gasteiger partial charge in [0.25, 0.3) is 0 Å². The first kappa shape index (κ1) is 9.96. The molecule has 72 valence electrons. The minimum absolute atomic E-state index is 0.146. The average molecular weight is 173 g/mol. The molecule has 0 aromatic heterocycles.